The van der Waals surface area contributed by atoms with Crippen LogP contribution in [0.1, 0.15) is 59.3 Å². The van der Waals surface area contributed by atoms with E-state index in [1.165, 1.54) is 0 Å². The van der Waals surface area contributed by atoms with Gasteiger partial charge in [0.05, 0.1) is 6.04 Å². The molecule has 4 saturated heterocycles. The average Bonchev–Trinajstić information content (AvgIpc) is 3.33. The summed E-state index contributed by atoms with van der Waals surface area (Å²) in [5.41, 5.74) is 1.87. The fourth-order valence-electron chi connectivity index (χ4n) is 5.93. The number of carbonyl (C=O) groups excluding carboxylic acids is 1. The van der Waals surface area contributed by atoms with Crippen molar-refractivity contribution in [3.05, 3.63) is 52.9 Å². The van der Waals surface area contributed by atoms with E-state index in [0.29, 0.717) is 29.6 Å². The number of nitrogens with zero attached hydrogens (tertiary/aromatic N) is 3. The molecular formula is C22H24F2N4O. The molecule has 1 saturated carbocycles. The van der Waals surface area contributed by atoms with Crippen LogP contribution < -0.4 is 0 Å². The molecule has 7 heteroatoms. The highest BCUT2D eigenvalue weighted by atomic mass is 19.2. The number of aromatic nitrogens is 2. The lowest BCUT2D eigenvalue weighted by atomic mass is 9.75. The van der Waals surface area contributed by atoms with E-state index in [2.05, 4.69) is 15.1 Å². The van der Waals surface area contributed by atoms with Crippen LogP contribution >= 0.6 is 0 Å². The first-order chi connectivity index (χ1) is 14.1. The topological polar surface area (TPSA) is 52.2 Å². The number of hydrogen-bond acceptors (Lipinski definition) is 3. The van der Waals surface area contributed by atoms with Crippen molar-refractivity contribution in [2.75, 3.05) is 19.6 Å². The van der Waals surface area contributed by atoms with E-state index in [1.54, 1.807) is 12.1 Å². The summed E-state index contributed by atoms with van der Waals surface area (Å²) >= 11 is 0. The zero-order valence-electron chi connectivity index (χ0n) is 16.2. The summed E-state index contributed by atoms with van der Waals surface area (Å²) in [5.74, 6) is -0.982. The summed E-state index contributed by atoms with van der Waals surface area (Å²) in [6, 6.07) is 6.37. The SMILES string of the molecule is O=C(c1cc(C2CC2)[nH]n1)N1C[C@@H](c2cccc(F)c2F)[C@@H]2[C@H]1C1CCN2CC1. The largest absolute Gasteiger partial charge is 0.332 e. The van der Waals surface area contributed by atoms with Crippen LogP contribution in [0.2, 0.25) is 0 Å². The Balaban J connectivity index is 1.37. The van der Waals surface area contributed by atoms with E-state index < -0.39 is 11.6 Å². The summed E-state index contributed by atoms with van der Waals surface area (Å²) in [6.07, 6.45) is 4.39. The van der Waals surface area contributed by atoms with E-state index in [0.717, 1.165) is 50.5 Å². The van der Waals surface area contributed by atoms with Crippen molar-refractivity contribution in [2.24, 2.45) is 5.92 Å². The summed E-state index contributed by atoms with van der Waals surface area (Å²) in [6.45, 7) is 2.35. The Morgan fingerprint density at radius 1 is 1.10 bits per heavy atom. The molecule has 29 heavy (non-hydrogen) atoms. The molecule has 2 bridgehead atoms. The van der Waals surface area contributed by atoms with Crippen LogP contribution in [0.15, 0.2) is 24.3 Å². The van der Waals surface area contributed by atoms with E-state index >= 15 is 0 Å². The van der Waals surface area contributed by atoms with Crippen LogP contribution in [0.3, 0.4) is 0 Å². The Kier molecular flexibility index (Phi) is 3.85. The highest BCUT2D eigenvalue weighted by molar-refractivity contribution is 5.93. The molecule has 1 aromatic carbocycles. The number of rotatable bonds is 3. The van der Waals surface area contributed by atoms with Gasteiger partial charge >= 0.3 is 0 Å². The quantitative estimate of drug-likeness (QED) is 0.864. The molecule has 1 aromatic heterocycles. The second-order valence-electron chi connectivity index (χ2n) is 9.04. The molecule has 5 fully saturated rings. The van der Waals surface area contributed by atoms with Crippen molar-refractivity contribution in [1.82, 2.24) is 20.0 Å². The minimum Gasteiger partial charge on any atom is -0.332 e. The molecule has 5 heterocycles. The van der Waals surface area contributed by atoms with Gasteiger partial charge in [0.2, 0.25) is 0 Å². The minimum absolute atomic E-state index is 0.0405. The monoisotopic (exact) mass is 398 g/mol. The van der Waals surface area contributed by atoms with Gasteiger partial charge in [-0.2, -0.15) is 5.10 Å². The molecule has 2 aromatic rings. The van der Waals surface area contributed by atoms with Gasteiger partial charge in [-0.05, 0) is 62.4 Å². The molecule has 4 aliphatic heterocycles. The summed E-state index contributed by atoms with van der Waals surface area (Å²) in [7, 11) is 0. The summed E-state index contributed by atoms with van der Waals surface area (Å²) < 4.78 is 28.7. The lowest BCUT2D eigenvalue weighted by molar-refractivity contribution is -0.00376. The second-order valence-corrected chi connectivity index (χ2v) is 9.04. The van der Waals surface area contributed by atoms with Crippen LogP contribution in [0, 0.1) is 17.6 Å². The number of carbonyl (C=O) groups is 1. The molecule has 1 N–H and O–H groups in total. The third kappa shape index (κ3) is 2.66. The highest BCUT2D eigenvalue weighted by Crippen LogP contribution is 2.47. The van der Waals surface area contributed by atoms with Crippen LogP contribution in [0.25, 0.3) is 0 Å². The van der Waals surface area contributed by atoms with E-state index in [-0.39, 0.29) is 23.9 Å². The predicted molar refractivity (Wildman–Crippen MR) is 103 cm³/mol. The molecule has 1 amide bonds. The Morgan fingerprint density at radius 3 is 2.66 bits per heavy atom. The minimum atomic E-state index is -0.818. The molecular weight excluding hydrogens is 374 g/mol. The van der Waals surface area contributed by atoms with Crippen molar-refractivity contribution >= 4 is 5.91 Å². The van der Waals surface area contributed by atoms with Crippen molar-refractivity contribution < 1.29 is 13.6 Å². The number of H-pyrrole nitrogens is 1. The maximum absolute atomic E-state index is 14.7. The fourth-order valence-corrected chi connectivity index (χ4v) is 5.93. The van der Waals surface area contributed by atoms with Gasteiger partial charge in [0, 0.05) is 30.1 Å². The molecule has 3 atom stereocenters. The summed E-state index contributed by atoms with van der Waals surface area (Å²) in [4.78, 5) is 17.7. The van der Waals surface area contributed by atoms with Gasteiger partial charge in [-0.15, -0.1) is 0 Å². The van der Waals surface area contributed by atoms with Crippen LogP contribution in [0.5, 0.6) is 0 Å². The molecule has 152 valence electrons. The molecule has 7 rings (SSSR count). The van der Waals surface area contributed by atoms with Gasteiger partial charge in [-0.1, -0.05) is 12.1 Å². The van der Waals surface area contributed by atoms with Crippen LogP contribution in [0.4, 0.5) is 8.78 Å². The number of fused-ring (bicyclic) bond motifs is 2. The van der Waals surface area contributed by atoms with Crippen molar-refractivity contribution in [1.29, 1.82) is 0 Å². The van der Waals surface area contributed by atoms with E-state index in [9.17, 15) is 13.6 Å². The average molecular weight is 398 g/mol. The zero-order chi connectivity index (χ0) is 19.7. The molecule has 0 unspecified atom stereocenters. The van der Waals surface area contributed by atoms with Gasteiger partial charge in [-0.25, -0.2) is 8.78 Å². The number of likely N-dealkylation sites (tertiary alicyclic amines) is 1. The smallest absolute Gasteiger partial charge is 0.274 e. The Bertz CT molecular complexity index is 963. The maximum atomic E-state index is 14.7. The van der Waals surface area contributed by atoms with E-state index in [4.69, 9.17) is 0 Å². The number of amides is 1. The fraction of sp³-hybridized carbons (Fsp3) is 0.545. The second kappa shape index (κ2) is 6.36. The highest BCUT2D eigenvalue weighted by Gasteiger charge is 2.55. The lowest BCUT2D eigenvalue weighted by Crippen LogP contribution is -2.60. The molecule has 0 spiro atoms. The molecule has 1 aliphatic carbocycles. The van der Waals surface area contributed by atoms with Crippen LogP contribution in [-0.2, 0) is 0 Å². The Hall–Kier alpha value is -2.28. The molecule has 5 nitrogen and oxygen atoms in total. The normalized spacial score (nSPS) is 33.2. The van der Waals surface area contributed by atoms with Gasteiger partial charge in [0.1, 0.15) is 5.69 Å². The zero-order valence-corrected chi connectivity index (χ0v) is 16.2. The first-order valence-corrected chi connectivity index (χ1v) is 10.7. The van der Waals surface area contributed by atoms with Gasteiger partial charge < -0.3 is 4.90 Å². The van der Waals surface area contributed by atoms with Crippen LogP contribution in [-0.4, -0.2) is 57.6 Å². The first-order valence-electron chi connectivity index (χ1n) is 10.7. The number of halogens is 2. The number of nitrogens with one attached hydrogen (secondary N) is 1. The maximum Gasteiger partial charge on any atom is 0.274 e. The standard InChI is InChI=1S/C22H24F2N4O/c23-16-3-1-2-14(19(16)24)15-11-28(20-13-6-8-27(9-7-13)21(15)20)22(29)18-10-17(25-26-18)12-4-5-12/h1-3,10,12-13,15,20-21H,4-9,11H2,(H,25,26)/t15-,20+,21+/m0/s1. The van der Waals surface area contributed by atoms with Gasteiger partial charge in [-0.3, -0.25) is 14.8 Å². The van der Waals surface area contributed by atoms with Crippen molar-refractivity contribution in [3.63, 3.8) is 0 Å². The van der Waals surface area contributed by atoms with Crippen molar-refractivity contribution in [3.8, 4) is 0 Å². The predicted octanol–water partition coefficient (Wildman–Crippen LogP) is 3.27. The van der Waals surface area contributed by atoms with Gasteiger partial charge in [0.15, 0.2) is 11.6 Å². The summed E-state index contributed by atoms with van der Waals surface area (Å²) in [5, 5.41) is 7.31. The van der Waals surface area contributed by atoms with Crippen molar-refractivity contribution in [2.45, 2.75) is 49.6 Å². The third-order valence-electron chi connectivity index (χ3n) is 7.47. The Labute approximate surface area is 168 Å². The molecule has 0 radical (unpaired) electrons. The number of hydrogen-bond donors (Lipinski definition) is 1. The van der Waals surface area contributed by atoms with Gasteiger partial charge in [0.25, 0.3) is 5.91 Å². The first kappa shape index (κ1) is 17.6. The number of aromatic amines is 1. The number of piperidine rings is 3. The lowest BCUT2D eigenvalue weighted by Gasteiger charge is -2.51. The molecule has 5 aliphatic rings. The Morgan fingerprint density at radius 2 is 1.90 bits per heavy atom. The number of benzene rings is 1. The van der Waals surface area contributed by atoms with E-state index in [1.807, 2.05) is 11.0 Å². The third-order valence-corrected chi connectivity index (χ3v) is 7.47.